The van der Waals surface area contributed by atoms with E-state index in [1.165, 1.54) is 23.9 Å². The summed E-state index contributed by atoms with van der Waals surface area (Å²) in [6.45, 7) is 3.55. The lowest BCUT2D eigenvalue weighted by Crippen LogP contribution is -2.24. The van der Waals surface area contributed by atoms with Crippen LogP contribution in [0.4, 0.5) is 16.0 Å². The van der Waals surface area contributed by atoms with Crippen molar-refractivity contribution in [1.29, 1.82) is 0 Å². The summed E-state index contributed by atoms with van der Waals surface area (Å²) in [6.07, 6.45) is 2.18. The fraction of sp³-hybridized carbons (Fsp3) is 0.286. The molecule has 0 saturated carbocycles. The number of hydrogen-bond acceptors (Lipinski definition) is 5. The number of aromatic nitrogens is 3. The van der Waals surface area contributed by atoms with Gasteiger partial charge in [0, 0.05) is 13.1 Å². The first-order chi connectivity index (χ1) is 14.9. The van der Waals surface area contributed by atoms with Crippen molar-refractivity contribution >= 4 is 52.5 Å². The van der Waals surface area contributed by atoms with Crippen molar-refractivity contribution in [3.8, 4) is 5.69 Å². The molecule has 31 heavy (non-hydrogen) atoms. The van der Waals surface area contributed by atoms with Gasteiger partial charge in [-0.3, -0.25) is 9.36 Å². The smallest absolute Gasteiger partial charge is 0.237 e. The number of benzene rings is 2. The molecule has 1 amide bonds. The highest BCUT2D eigenvalue weighted by molar-refractivity contribution is 8.00. The van der Waals surface area contributed by atoms with Crippen LogP contribution >= 0.6 is 35.0 Å². The van der Waals surface area contributed by atoms with E-state index in [-0.39, 0.29) is 10.9 Å². The summed E-state index contributed by atoms with van der Waals surface area (Å²) in [6, 6.07) is 11.3. The van der Waals surface area contributed by atoms with Crippen LogP contribution in [0, 0.1) is 5.82 Å². The van der Waals surface area contributed by atoms with E-state index in [1.54, 1.807) is 6.92 Å². The van der Waals surface area contributed by atoms with Gasteiger partial charge >= 0.3 is 0 Å². The minimum absolute atomic E-state index is 0.140. The normalized spacial score (nSPS) is 14.6. The summed E-state index contributed by atoms with van der Waals surface area (Å²) in [5.41, 5.74) is 1.11. The van der Waals surface area contributed by atoms with Crippen molar-refractivity contribution in [2.75, 3.05) is 23.3 Å². The van der Waals surface area contributed by atoms with Crippen LogP contribution in [0.3, 0.4) is 0 Å². The lowest BCUT2D eigenvalue weighted by Gasteiger charge is -2.19. The third kappa shape index (κ3) is 4.81. The van der Waals surface area contributed by atoms with E-state index in [1.807, 2.05) is 28.8 Å². The molecule has 1 aromatic heterocycles. The van der Waals surface area contributed by atoms with Crippen LogP contribution < -0.4 is 10.2 Å². The molecule has 1 atom stereocenters. The quantitative estimate of drug-likeness (QED) is 0.477. The molecule has 0 bridgehead atoms. The first-order valence-corrected chi connectivity index (χ1v) is 11.5. The lowest BCUT2D eigenvalue weighted by atomic mass is 10.3. The molecule has 3 aromatic rings. The summed E-state index contributed by atoms with van der Waals surface area (Å²) < 4.78 is 15.2. The monoisotopic (exact) mass is 479 g/mol. The molecule has 1 aliphatic heterocycles. The second-order valence-corrected chi connectivity index (χ2v) is 9.26. The Morgan fingerprint density at radius 3 is 2.58 bits per heavy atom. The van der Waals surface area contributed by atoms with Crippen molar-refractivity contribution in [2.24, 2.45) is 0 Å². The van der Waals surface area contributed by atoms with Gasteiger partial charge in [-0.1, -0.05) is 47.1 Å². The summed E-state index contributed by atoms with van der Waals surface area (Å²) in [5.74, 6) is -0.0371. The molecule has 0 aliphatic carbocycles. The molecular formula is C21H20Cl2FN5OS. The zero-order valence-corrected chi connectivity index (χ0v) is 19.0. The Morgan fingerprint density at radius 1 is 1.13 bits per heavy atom. The summed E-state index contributed by atoms with van der Waals surface area (Å²) in [4.78, 5) is 14.9. The predicted octanol–water partition coefficient (Wildman–Crippen LogP) is 5.43. The van der Waals surface area contributed by atoms with E-state index in [2.05, 4.69) is 20.4 Å². The van der Waals surface area contributed by atoms with Crippen molar-refractivity contribution < 1.29 is 9.18 Å². The van der Waals surface area contributed by atoms with Gasteiger partial charge in [0.05, 0.1) is 26.7 Å². The number of hydrogen-bond donors (Lipinski definition) is 1. The minimum Gasteiger partial charge on any atom is -0.341 e. The van der Waals surface area contributed by atoms with Crippen molar-refractivity contribution in [3.63, 3.8) is 0 Å². The highest BCUT2D eigenvalue weighted by atomic mass is 35.5. The van der Waals surface area contributed by atoms with E-state index in [9.17, 15) is 9.18 Å². The van der Waals surface area contributed by atoms with Crippen molar-refractivity contribution in [3.05, 3.63) is 58.3 Å². The van der Waals surface area contributed by atoms with E-state index in [0.29, 0.717) is 21.8 Å². The Bertz CT molecular complexity index is 1100. The van der Waals surface area contributed by atoms with Crippen LogP contribution in [0.25, 0.3) is 5.69 Å². The number of para-hydroxylation sites is 1. The number of rotatable bonds is 6. The van der Waals surface area contributed by atoms with Gasteiger partial charge in [0.25, 0.3) is 0 Å². The van der Waals surface area contributed by atoms with E-state index >= 15 is 0 Å². The predicted molar refractivity (Wildman–Crippen MR) is 123 cm³/mol. The number of amides is 1. The lowest BCUT2D eigenvalue weighted by molar-refractivity contribution is -0.115. The van der Waals surface area contributed by atoms with Crippen LogP contribution in [0.2, 0.25) is 10.0 Å². The fourth-order valence-corrected chi connectivity index (χ4v) is 4.63. The van der Waals surface area contributed by atoms with Gasteiger partial charge in [-0.2, -0.15) is 0 Å². The van der Waals surface area contributed by atoms with Crippen LogP contribution in [0.15, 0.2) is 47.6 Å². The summed E-state index contributed by atoms with van der Waals surface area (Å²) in [5, 5.41) is 12.2. The maximum Gasteiger partial charge on any atom is 0.237 e. The molecule has 10 heteroatoms. The number of carbonyl (C=O) groups is 1. The van der Waals surface area contributed by atoms with Crippen LogP contribution in [-0.4, -0.2) is 39.0 Å². The molecule has 2 heterocycles. The van der Waals surface area contributed by atoms with Gasteiger partial charge in [-0.15, -0.1) is 10.2 Å². The maximum absolute atomic E-state index is 13.3. The molecule has 1 fully saturated rings. The Morgan fingerprint density at radius 2 is 1.87 bits per heavy atom. The molecule has 0 radical (unpaired) electrons. The third-order valence-electron chi connectivity index (χ3n) is 4.94. The summed E-state index contributed by atoms with van der Waals surface area (Å²) in [7, 11) is 0. The van der Waals surface area contributed by atoms with Gasteiger partial charge in [0.1, 0.15) is 5.82 Å². The molecular weight excluding hydrogens is 460 g/mol. The van der Waals surface area contributed by atoms with Gasteiger partial charge in [-0.05, 0) is 50.1 Å². The second-order valence-electron chi connectivity index (χ2n) is 7.14. The number of halogens is 3. The zero-order valence-electron chi connectivity index (χ0n) is 16.7. The molecule has 1 N–H and O–H groups in total. The Balaban J connectivity index is 1.60. The van der Waals surface area contributed by atoms with Gasteiger partial charge < -0.3 is 10.2 Å². The molecule has 1 aliphatic rings. The van der Waals surface area contributed by atoms with Crippen LogP contribution in [0.5, 0.6) is 0 Å². The number of anilines is 2. The second kappa shape index (κ2) is 9.46. The molecule has 2 aromatic carbocycles. The topological polar surface area (TPSA) is 63.1 Å². The molecule has 0 spiro atoms. The van der Waals surface area contributed by atoms with Gasteiger partial charge in [0.15, 0.2) is 5.16 Å². The van der Waals surface area contributed by atoms with Gasteiger partial charge in [-0.25, -0.2) is 4.39 Å². The van der Waals surface area contributed by atoms with Crippen molar-refractivity contribution in [1.82, 2.24) is 14.8 Å². The molecule has 6 nitrogen and oxygen atoms in total. The summed E-state index contributed by atoms with van der Waals surface area (Å²) >= 11 is 13.8. The molecule has 1 saturated heterocycles. The number of nitrogens with one attached hydrogen (secondary N) is 1. The Labute approximate surface area is 193 Å². The largest absolute Gasteiger partial charge is 0.341 e. The zero-order chi connectivity index (χ0) is 22.0. The number of thioether (sulfide) groups is 1. The average molecular weight is 480 g/mol. The fourth-order valence-electron chi connectivity index (χ4n) is 3.34. The average Bonchev–Trinajstić information content (AvgIpc) is 3.40. The SMILES string of the molecule is CC(Sc1nnc(N2CCCC2)n1-c1ccccc1Cl)C(=O)Nc1ccc(F)cc1Cl. The first-order valence-electron chi connectivity index (χ1n) is 9.82. The molecule has 1 unspecified atom stereocenters. The first kappa shape index (κ1) is 21.9. The number of carbonyl (C=O) groups excluding carboxylic acids is 1. The van der Waals surface area contributed by atoms with E-state index in [4.69, 9.17) is 23.2 Å². The number of nitrogens with zero attached hydrogens (tertiary/aromatic N) is 4. The maximum atomic E-state index is 13.3. The van der Waals surface area contributed by atoms with E-state index in [0.717, 1.165) is 37.7 Å². The molecule has 162 valence electrons. The Hall–Kier alpha value is -2.29. The van der Waals surface area contributed by atoms with Crippen LogP contribution in [0.1, 0.15) is 19.8 Å². The van der Waals surface area contributed by atoms with Crippen molar-refractivity contribution in [2.45, 2.75) is 30.2 Å². The minimum atomic E-state index is -0.516. The van der Waals surface area contributed by atoms with Crippen LogP contribution in [-0.2, 0) is 4.79 Å². The molecule has 4 rings (SSSR count). The highest BCUT2D eigenvalue weighted by Gasteiger charge is 2.26. The Kier molecular flexibility index (Phi) is 6.69. The highest BCUT2D eigenvalue weighted by Crippen LogP contribution is 2.34. The third-order valence-corrected chi connectivity index (χ3v) is 6.61. The standard InChI is InChI=1S/C21H20Cl2FN5OS/c1-13(19(30)25-17-9-8-14(24)12-16(17)23)31-21-27-26-20(28-10-4-5-11-28)29(21)18-7-3-2-6-15(18)22/h2-3,6-9,12-13H,4-5,10-11H2,1H3,(H,25,30). The van der Waals surface area contributed by atoms with E-state index < -0.39 is 11.1 Å². The van der Waals surface area contributed by atoms with Gasteiger partial charge in [0.2, 0.25) is 11.9 Å².